The van der Waals surface area contributed by atoms with Crippen LogP contribution in [-0.4, -0.2) is 19.9 Å². The molecule has 3 heterocycles. The van der Waals surface area contributed by atoms with Crippen molar-refractivity contribution in [1.82, 2.24) is 19.9 Å². The Labute approximate surface area is 173 Å². The summed E-state index contributed by atoms with van der Waals surface area (Å²) < 4.78 is 6.08. The van der Waals surface area contributed by atoms with E-state index < -0.39 is 0 Å². The van der Waals surface area contributed by atoms with E-state index in [1.54, 1.807) is 24.8 Å². The highest BCUT2D eigenvalue weighted by Crippen LogP contribution is 2.33. The van der Waals surface area contributed by atoms with Gasteiger partial charge in [0.2, 0.25) is 5.88 Å². The van der Waals surface area contributed by atoms with Crippen LogP contribution in [0.4, 0.5) is 11.5 Å². The van der Waals surface area contributed by atoms with Gasteiger partial charge < -0.3 is 10.1 Å². The molecule has 1 N–H and O–H groups in total. The lowest BCUT2D eigenvalue weighted by atomic mass is 10.1. The fraction of sp³-hybridized carbons (Fsp3) is 0. The summed E-state index contributed by atoms with van der Waals surface area (Å²) >= 11 is 0. The minimum Gasteiger partial charge on any atom is -0.437 e. The molecule has 0 bridgehead atoms. The van der Waals surface area contributed by atoms with Gasteiger partial charge in [0.15, 0.2) is 0 Å². The van der Waals surface area contributed by atoms with Gasteiger partial charge in [-0.1, -0.05) is 24.3 Å². The lowest BCUT2D eigenvalue weighted by molar-refractivity contribution is 0.462. The molecule has 0 saturated heterocycles. The Morgan fingerprint density at radius 1 is 0.633 bits per heavy atom. The van der Waals surface area contributed by atoms with Crippen LogP contribution in [0, 0.1) is 0 Å². The fourth-order valence-corrected chi connectivity index (χ4v) is 3.19. The van der Waals surface area contributed by atoms with Crippen LogP contribution < -0.4 is 10.1 Å². The molecule has 6 nitrogen and oxygen atoms in total. The largest absolute Gasteiger partial charge is 0.437 e. The van der Waals surface area contributed by atoms with Gasteiger partial charge in [0.05, 0.1) is 5.52 Å². The van der Waals surface area contributed by atoms with E-state index in [4.69, 9.17) is 4.74 Å². The zero-order valence-electron chi connectivity index (χ0n) is 15.9. The summed E-state index contributed by atoms with van der Waals surface area (Å²) in [6, 6.07) is 23.2. The number of hydrogen-bond donors (Lipinski definition) is 1. The zero-order valence-corrected chi connectivity index (χ0v) is 15.9. The number of ether oxygens (including phenoxy) is 1. The molecule has 0 radical (unpaired) electrons. The smallest absolute Gasteiger partial charge is 0.246 e. The van der Waals surface area contributed by atoms with Crippen LogP contribution >= 0.6 is 0 Å². The summed E-state index contributed by atoms with van der Waals surface area (Å²) in [7, 11) is 0. The first-order valence-electron chi connectivity index (χ1n) is 9.48. The molecule has 6 heteroatoms. The van der Waals surface area contributed by atoms with Crippen LogP contribution in [-0.2, 0) is 0 Å². The van der Waals surface area contributed by atoms with Crippen molar-refractivity contribution in [2.45, 2.75) is 0 Å². The van der Waals surface area contributed by atoms with E-state index in [0.29, 0.717) is 17.3 Å². The Bertz CT molecular complexity index is 1280. The van der Waals surface area contributed by atoms with Gasteiger partial charge in [0.25, 0.3) is 0 Å². The standard InChI is InChI=1S/C24H17N5O/c1-2-6-21-19(5-1)20(12-14-25-21)23-24(28-16-15-27-23)30-18-10-8-17(9-11-18)29-22-7-3-4-13-26-22/h1-16H,(H,26,29). The van der Waals surface area contributed by atoms with Gasteiger partial charge >= 0.3 is 0 Å². The molecule has 2 aromatic carbocycles. The van der Waals surface area contributed by atoms with Crippen molar-refractivity contribution in [3.05, 3.63) is 97.6 Å². The minimum atomic E-state index is 0.444. The second kappa shape index (κ2) is 7.97. The van der Waals surface area contributed by atoms with Gasteiger partial charge in [0, 0.05) is 41.4 Å². The van der Waals surface area contributed by atoms with Gasteiger partial charge in [-0.2, -0.15) is 0 Å². The highest BCUT2D eigenvalue weighted by molar-refractivity contribution is 5.94. The lowest BCUT2D eigenvalue weighted by Gasteiger charge is -2.11. The van der Waals surface area contributed by atoms with Crippen LogP contribution in [0.5, 0.6) is 11.6 Å². The molecule has 0 unspecified atom stereocenters. The van der Waals surface area contributed by atoms with Crippen molar-refractivity contribution in [3.8, 4) is 22.9 Å². The maximum atomic E-state index is 6.08. The number of para-hydroxylation sites is 1. The molecule has 144 valence electrons. The minimum absolute atomic E-state index is 0.444. The molecule has 0 aliphatic heterocycles. The maximum Gasteiger partial charge on any atom is 0.246 e. The number of nitrogens with zero attached hydrogens (tertiary/aromatic N) is 4. The van der Waals surface area contributed by atoms with E-state index in [9.17, 15) is 0 Å². The van der Waals surface area contributed by atoms with E-state index in [1.807, 2.05) is 72.8 Å². The molecule has 0 aliphatic rings. The first-order valence-corrected chi connectivity index (χ1v) is 9.48. The Morgan fingerprint density at radius 3 is 2.33 bits per heavy atom. The monoisotopic (exact) mass is 391 g/mol. The van der Waals surface area contributed by atoms with Crippen molar-refractivity contribution in [3.63, 3.8) is 0 Å². The molecule has 3 aromatic heterocycles. The molecule has 30 heavy (non-hydrogen) atoms. The number of aromatic nitrogens is 4. The molecular weight excluding hydrogens is 374 g/mol. The maximum absolute atomic E-state index is 6.08. The SMILES string of the molecule is c1ccc(Nc2ccc(Oc3nccnc3-c3ccnc4ccccc34)cc2)nc1. The number of rotatable bonds is 5. The molecule has 0 fully saturated rings. The van der Waals surface area contributed by atoms with Gasteiger partial charge in [-0.25, -0.2) is 15.0 Å². The number of fused-ring (bicyclic) bond motifs is 1. The third kappa shape index (κ3) is 3.66. The summed E-state index contributed by atoms with van der Waals surface area (Å²) in [6.45, 7) is 0. The molecule has 0 atom stereocenters. The predicted molar refractivity (Wildman–Crippen MR) is 117 cm³/mol. The third-order valence-electron chi connectivity index (χ3n) is 4.57. The number of nitrogens with one attached hydrogen (secondary N) is 1. The van der Waals surface area contributed by atoms with Crippen molar-refractivity contribution in [2.75, 3.05) is 5.32 Å². The van der Waals surface area contributed by atoms with E-state index in [0.717, 1.165) is 28.0 Å². The van der Waals surface area contributed by atoms with Crippen LogP contribution in [0.1, 0.15) is 0 Å². The first-order chi connectivity index (χ1) is 14.9. The number of hydrogen-bond acceptors (Lipinski definition) is 6. The Hall–Kier alpha value is -4.32. The average molecular weight is 391 g/mol. The summed E-state index contributed by atoms with van der Waals surface area (Å²) in [5.74, 6) is 1.90. The summed E-state index contributed by atoms with van der Waals surface area (Å²) in [6.07, 6.45) is 6.81. The lowest BCUT2D eigenvalue weighted by Crippen LogP contribution is -1.96. The van der Waals surface area contributed by atoms with E-state index in [-0.39, 0.29) is 0 Å². The second-order valence-electron chi connectivity index (χ2n) is 6.55. The third-order valence-corrected chi connectivity index (χ3v) is 4.57. The molecule has 0 spiro atoms. The van der Waals surface area contributed by atoms with E-state index in [2.05, 4.69) is 25.3 Å². The predicted octanol–water partition coefficient (Wildman–Crippen LogP) is 5.62. The Morgan fingerprint density at radius 2 is 1.47 bits per heavy atom. The van der Waals surface area contributed by atoms with Gasteiger partial charge in [-0.05, 0) is 48.5 Å². The fourth-order valence-electron chi connectivity index (χ4n) is 3.19. The van der Waals surface area contributed by atoms with E-state index >= 15 is 0 Å². The van der Waals surface area contributed by atoms with Crippen LogP contribution in [0.3, 0.4) is 0 Å². The summed E-state index contributed by atoms with van der Waals surface area (Å²) in [5, 5.41) is 4.25. The number of anilines is 2. The quantitative estimate of drug-likeness (QED) is 0.419. The number of pyridine rings is 2. The number of benzene rings is 2. The van der Waals surface area contributed by atoms with Gasteiger partial charge in [-0.3, -0.25) is 4.98 Å². The Balaban J connectivity index is 1.44. The zero-order chi connectivity index (χ0) is 20.2. The van der Waals surface area contributed by atoms with E-state index in [1.165, 1.54) is 0 Å². The Kier molecular flexibility index (Phi) is 4.72. The topological polar surface area (TPSA) is 72.8 Å². The normalized spacial score (nSPS) is 10.7. The molecule has 5 aromatic rings. The average Bonchev–Trinajstić information content (AvgIpc) is 2.81. The van der Waals surface area contributed by atoms with Gasteiger partial charge in [0.1, 0.15) is 17.3 Å². The van der Waals surface area contributed by atoms with Crippen LogP contribution in [0.15, 0.2) is 97.6 Å². The summed E-state index contributed by atoms with van der Waals surface area (Å²) in [5.41, 5.74) is 3.42. The first kappa shape index (κ1) is 17.8. The molecule has 0 aliphatic carbocycles. The van der Waals surface area contributed by atoms with Crippen molar-refractivity contribution >= 4 is 22.4 Å². The molecular formula is C24H17N5O. The van der Waals surface area contributed by atoms with Crippen molar-refractivity contribution in [2.24, 2.45) is 0 Å². The van der Waals surface area contributed by atoms with Gasteiger partial charge in [-0.15, -0.1) is 0 Å². The van der Waals surface area contributed by atoms with Crippen LogP contribution in [0.2, 0.25) is 0 Å². The molecule has 5 rings (SSSR count). The highest BCUT2D eigenvalue weighted by Gasteiger charge is 2.13. The highest BCUT2D eigenvalue weighted by atomic mass is 16.5. The van der Waals surface area contributed by atoms with Crippen molar-refractivity contribution < 1.29 is 4.74 Å². The molecule has 0 saturated carbocycles. The second-order valence-corrected chi connectivity index (χ2v) is 6.55. The summed E-state index contributed by atoms with van der Waals surface area (Å²) in [4.78, 5) is 17.6. The molecule has 0 amide bonds. The van der Waals surface area contributed by atoms with Crippen molar-refractivity contribution in [1.29, 1.82) is 0 Å². The van der Waals surface area contributed by atoms with Crippen LogP contribution in [0.25, 0.3) is 22.2 Å².